The van der Waals surface area contributed by atoms with Gasteiger partial charge in [0.15, 0.2) is 12.1 Å². The number of carbonyl (C=O) groups is 2. The second-order valence-electron chi connectivity index (χ2n) is 6.02. The topological polar surface area (TPSA) is 75.6 Å². The molecule has 0 aliphatic carbocycles. The van der Waals surface area contributed by atoms with Crippen molar-refractivity contribution in [3.63, 3.8) is 0 Å². The highest BCUT2D eigenvalue weighted by molar-refractivity contribution is 5.88. The van der Waals surface area contributed by atoms with Crippen LogP contribution in [0.1, 0.15) is 23.6 Å². The summed E-state index contributed by atoms with van der Waals surface area (Å²) < 4.78 is 18.5. The molecule has 0 spiro atoms. The predicted molar refractivity (Wildman–Crippen MR) is 90.9 cm³/mol. The van der Waals surface area contributed by atoms with E-state index in [9.17, 15) is 19.1 Å². The minimum absolute atomic E-state index is 0.265. The lowest BCUT2D eigenvalue weighted by Crippen LogP contribution is -2.51. The number of carboxylic acids is 1. The number of benzene rings is 2. The fourth-order valence-corrected chi connectivity index (χ4v) is 2.30. The standard InChI is InChI=1S/C19H20FNO4/c1-12-4-9-16(10-13(12)2)25-11-17(22)21-19(3,18(23)24)14-5-7-15(20)8-6-14/h4-10H,11H2,1-3H3,(H,21,22)(H,23,24). The Morgan fingerprint density at radius 3 is 2.32 bits per heavy atom. The van der Waals surface area contributed by atoms with Gasteiger partial charge in [0.25, 0.3) is 5.91 Å². The Morgan fingerprint density at radius 2 is 1.76 bits per heavy atom. The molecule has 0 bridgehead atoms. The molecular formula is C19H20FNO4. The summed E-state index contributed by atoms with van der Waals surface area (Å²) >= 11 is 0. The van der Waals surface area contributed by atoms with Gasteiger partial charge in [-0.15, -0.1) is 0 Å². The van der Waals surface area contributed by atoms with Gasteiger partial charge < -0.3 is 15.2 Å². The van der Waals surface area contributed by atoms with Crippen molar-refractivity contribution in [2.24, 2.45) is 0 Å². The number of hydrogen-bond acceptors (Lipinski definition) is 3. The van der Waals surface area contributed by atoms with E-state index in [1.807, 2.05) is 19.9 Å². The number of aryl methyl sites for hydroxylation is 2. The minimum Gasteiger partial charge on any atom is -0.484 e. The summed E-state index contributed by atoms with van der Waals surface area (Å²) in [5, 5.41) is 11.9. The molecule has 0 saturated heterocycles. The van der Waals surface area contributed by atoms with Crippen molar-refractivity contribution >= 4 is 11.9 Å². The van der Waals surface area contributed by atoms with Crippen LogP contribution in [0.2, 0.25) is 0 Å². The first-order valence-electron chi connectivity index (χ1n) is 7.73. The number of rotatable bonds is 6. The van der Waals surface area contributed by atoms with E-state index < -0.39 is 23.2 Å². The van der Waals surface area contributed by atoms with E-state index in [4.69, 9.17) is 4.74 Å². The molecule has 2 aromatic carbocycles. The molecule has 1 atom stereocenters. The van der Waals surface area contributed by atoms with Crippen LogP contribution in [0, 0.1) is 19.7 Å². The monoisotopic (exact) mass is 345 g/mol. The van der Waals surface area contributed by atoms with Gasteiger partial charge in [-0.05, 0) is 61.7 Å². The van der Waals surface area contributed by atoms with Gasteiger partial charge >= 0.3 is 5.97 Å². The molecular weight excluding hydrogens is 325 g/mol. The summed E-state index contributed by atoms with van der Waals surface area (Å²) in [7, 11) is 0. The van der Waals surface area contributed by atoms with Gasteiger partial charge in [-0.1, -0.05) is 18.2 Å². The number of carboxylic acid groups (broad SMARTS) is 1. The molecule has 0 heterocycles. The smallest absolute Gasteiger partial charge is 0.333 e. The molecule has 2 rings (SSSR count). The lowest BCUT2D eigenvalue weighted by Gasteiger charge is -2.26. The van der Waals surface area contributed by atoms with Crippen LogP contribution in [0.25, 0.3) is 0 Å². The maximum Gasteiger partial charge on any atom is 0.333 e. The maximum atomic E-state index is 13.1. The van der Waals surface area contributed by atoms with Crippen LogP contribution in [-0.4, -0.2) is 23.6 Å². The Balaban J connectivity index is 2.08. The van der Waals surface area contributed by atoms with Crippen LogP contribution in [0.5, 0.6) is 5.75 Å². The van der Waals surface area contributed by atoms with Gasteiger partial charge in [0.2, 0.25) is 0 Å². The van der Waals surface area contributed by atoms with Gasteiger partial charge in [0, 0.05) is 0 Å². The number of amides is 1. The van der Waals surface area contributed by atoms with Crippen molar-refractivity contribution in [3.8, 4) is 5.75 Å². The van der Waals surface area contributed by atoms with Crippen molar-refractivity contribution < 1.29 is 23.8 Å². The third-order valence-electron chi connectivity index (χ3n) is 4.09. The Hall–Kier alpha value is -2.89. The molecule has 25 heavy (non-hydrogen) atoms. The number of aliphatic carboxylic acids is 1. The van der Waals surface area contributed by atoms with E-state index >= 15 is 0 Å². The van der Waals surface area contributed by atoms with Gasteiger partial charge in [0.05, 0.1) is 0 Å². The molecule has 2 aromatic rings. The fourth-order valence-electron chi connectivity index (χ4n) is 2.30. The molecule has 132 valence electrons. The summed E-state index contributed by atoms with van der Waals surface area (Å²) in [6.07, 6.45) is 0. The van der Waals surface area contributed by atoms with Crippen LogP contribution in [0.4, 0.5) is 4.39 Å². The lowest BCUT2D eigenvalue weighted by molar-refractivity contribution is -0.147. The third-order valence-corrected chi connectivity index (χ3v) is 4.09. The van der Waals surface area contributed by atoms with Gasteiger partial charge in [0.1, 0.15) is 11.6 Å². The first-order chi connectivity index (χ1) is 11.7. The zero-order valence-electron chi connectivity index (χ0n) is 14.3. The van der Waals surface area contributed by atoms with Crippen LogP contribution >= 0.6 is 0 Å². The number of carbonyl (C=O) groups excluding carboxylic acids is 1. The highest BCUT2D eigenvalue weighted by atomic mass is 19.1. The number of ether oxygens (including phenoxy) is 1. The Labute approximate surface area is 145 Å². The SMILES string of the molecule is Cc1ccc(OCC(=O)NC(C)(C(=O)O)c2ccc(F)cc2)cc1C. The zero-order valence-corrected chi connectivity index (χ0v) is 14.3. The van der Waals surface area contributed by atoms with Crippen molar-refractivity contribution in [2.75, 3.05) is 6.61 Å². The lowest BCUT2D eigenvalue weighted by atomic mass is 9.92. The fraction of sp³-hybridized carbons (Fsp3) is 0.263. The number of nitrogens with one attached hydrogen (secondary N) is 1. The first-order valence-corrected chi connectivity index (χ1v) is 7.73. The molecule has 0 aromatic heterocycles. The molecule has 1 unspecified atom stereocenters. The van der Waals surface area contributed by atoms with E-state index in [1.165, 1.54) is 19.1 Å². The summed E-state index contributed by atoms with van der Waals surface area (Å²) in [5.74, 6) is -1.80. The van der Waals surface area contributed by atoms with E-state index in [0.717, 1.165) is 23.3 Å². The number of hydrogen-bond donors (Lipinski definition) is 2. The molecule has 2 N–H and O–H groups in total. The molecule has 0 saturated carbocycles. The average Bonchev–Trinajstić information content (AvgIpc) is 2.56. The van der Waals surface area contributed by atoms with Crippen molar-refractivity contribution in [1.82, 2.24) is 5.32 Å². The van der Waals surface area contributed by atoms with Crippen molar-refractivity contribution in [2.45, 2.75) is 26.3 Å². The highest BCUT2D eigenvalue weighted by Crippen LogP contribution is 2.22. The zero-order chi connectivity index (χ0) is 18.6. The second-order valence-corrected chi connectivity index (χ2v) is 6.02. The molecule has 5 nitrogen and oxygen atoms in total. The Bertz CT molecular complexity index is 789. The molecule has 6 heteroatoms. The normalized spacial score (nSPS) is 13.0. The summed E-state index contributed by atoms with van der Waals surface area (Å²) in [4.78, 5) is 23.8. The van der Waals surface area contributed by atoms with E-state index in [1.54, 1.807) is 12.1 Å². The van der Waals surface area contributed by atoms with Crippen LogP contribution in [-0.2, 0) is 15.1 Å². The molecule has 0 fully saturated rings. The molecule has 1 amide bonds. The van der Waals surface area contributed by atoms with Gasteiger partial charge in [-0.2, -0.15) is 0 Å². The number of halogens is 1. The van der Waals surface area contributed by atoms with Crippen LogP contribution in [0.3, 0.4) is 0 Å². The quantitative estimate of drug-likeness (QED) is 0.844. The van der Waals surface area contributed by atoms with E-state index in [0.29, 0.717) is 5.75 Å². The summed E-state index contributed by atoms with van der Waals surface area (Å²) in [6, 6.07) is 10.4. The van der Waals surface area contributed by atoms with Crippen molar-refractivity contribution in [3.05, 3.63) is 65.0 Å². The predicted octanol–water partition coefficient (Wildman–Crippen LogP) is 2.94. The maximum absolute atomic E-state index is 13.1. The largest absolute Gasteiger partial charge is 0.484 e. The minimum atomic E-state index is -1.68. The average molecular weight is 345 g/mol. The molecule has 0 radical (unpaired) electrons. The van der Waals surface area contributed by atoms with Crippen LogP contribution in [0.15, 0.2) is 42.5 Å². The van der Waals surface area contributed by atoms with Gasteiger partial charge in [-0.3, -0.25) is 4.79 Å². The van der Waals surface area contributed by atoms with E-state index in [2.05, 4.69) is 5.32 Å². The Morgan fingerprint density at radius 1 is 1.12 bits per heavy atom. The summed E-state index contributed by atoms with van der Waals surface area (Å²) in [6.45, 7) is 4.91. The van der Waals surface area contributed by atoms with Crippen molar-refractivity contribution in [1.29, 1.82) is 0 Å². The highest BCUT2D eigenvalue weighted by Gasteiger charge is 2.37. The summed E-state index contributed by atoms with van der Waals surface area (Å²) in [5.41, 5.74) is 0.712. The Kier molecular flexibility index (Phi) is 5.41. The van der Waals surface area contributed by atoms with Gasteiger partial charge in [-0.25, -0.2) is 9.18 Å². The molecule has 0 aliphatic heterocycles. The second kappa shape index (κ2) is 7.34. The van der Waals surface area contributed by atoms with E-state index in [-0.39, 0.29) is 12.2 Å². The first kappa shape index (κ1) is 18.4. The third kappa shape index (κ3) is 4.35. The van der Waals surface area contributed by atoms with Crippen LogP contribution < -0.4 is 10.1 Å². The molecule has 0 aliphatic rings.